The van der Waals surface area contributed by atoms with Gasteiger partial charge in [-0.1, -0.05) is 6.92 Å². The molecule has 21 heavy (non-hydrogen) atoms. The van der Waals surface area contributed by atoms with Crippen molar-refractivity contribution in [3.8, 4) is 0 Å². The highest BCUT2D eigenvalue weighted by Crippen LogP contribution is 2.23. The molecule has 1 aromatic carbocycles. The standard InChI is InChI=1S/C13H20N2O5S/c1-4-15(7-8-19-2)21(17,18)12-9-10(14)5-6-11(12)13(16)20-3/h5-6,9H,4,7-8,14H2,1-3H3. The summed E-state index contributed by atoms with van der Waals surface area (Å²) in [6.45, 7) is 2.39. The van der Waals surface area contributed by atoms with E-state index in [2.05, 4.69) is 4.74 Å². The van der Waals surface area contributed by atoms with E-state index in [0.29, 0.717) is 0 Å². The molecule has 0 heterocycles. The summed E-state index contributed by atoms with van der Waals surface area (Å²) in [6, 6.07) is 4.06. The maximum absolute atomic E-state index is 12.7. The number of rotatable bonds is 7. The first-order valence-electron chi connectivity index (χ1n) is 6.35. The van der Waals surface area contributed by atoms with E-state index in [4.69, 9.17) is 10.5 Å². The zero-order valence-electron chi connectivity index (χ0n) is 12.3. The monoisotopic (exact) mass is 316 g/mol. The van der Waals surface area contributed by atoms with Crippen molar-refractivity contribution in [3.05, 3.63) is 23.8 Å². The Labute approximate surface area is 124 Å². The molecule has 7 nitrogen and oxygen atoms in total. The summed E-state index contributed by atoms with van der Waals surface area (Å²) in [4.78, 5) is 11.6. The molecule has 118 valence electrons. The third kappa shape index (κ3) is 3.93. The van der Waals surface area contributed by atoms with Crippen LogP contribution in [0.5, 0.6) is 0 Å². The van der Waals surface area contributed by atoms with Crippen molar-refractivity contribution < 1.29 is 22.7 Å². The molecule has 0 amide bonds. The van der Waals surface area contributed by atoms with Crippen LogP contribution in [0.3, 0.4) is 0 Å². The molecule has 0 aromatic heterocycles. The number of nitrogen functional groups attached to an aromatic ring is 1. The molecule has 0 saturated carbocycles. The molecular weight excluding hydrogens is 296 g/mol. The highest BCUT2D eigenvalue weighted by Gasteiger charge is 2.28. The van der Waals surface area contributed by atoms with Crippen molar-refractivity contribution in [1.82, 2.24) is 4.31 Å². The van der Waals surface area contributed by atoms with E-state index < -0.39 is 16.0 Å². The number of benzene rings is 1. The fourth-order valence-corrected chi connectivity index (χ4v) is 3.46. The Bertz CT molecular complexity index is 601. The predicted octanol–water partition coefficient (Wildman–Crippen LogP) is 0.712. The fraction of sp³-hybridized carbons (Fsp3) is 0.462. The van der Waals surface area contributed by atoms with Crippen LogP contribution in [-0.4, -0.2) is 52.6 Å². The average molecular weight is 316 g/mol. The largest absolute Gasteiger partial charge is 0.465 e. The van der Waals surface area contributed by atoms with Crippen LogP contribution in [0.1, 0.15) is 17.3 Å². The van der Waals surface area contributed by atoms with Gasteiger partial charge >= 0.3 is 5.97 Å². The van der Waals surface area contributed by atoms with Gasteiger partial charge in [0.2, 0.25) is 10.0 Å². The second kappa shape index (κ2) is 7.39. The molecule has 1 aromatic rings. The van der Waals surface area contributed by atoms with E-state index in [9.17, 15) is 13.2 Å². The number of sulfonamides is 1. The van der Waals surface area contributed by atoms with E-state index in [0.717, 1.165) is 0 Å². The number of nitrogens with zero attached hydrogens (tertiary/aromatic N) is 1. The van der Waals surface area contributed by atoms with E-state index in [1.54, 1.807) is 6.92 Å². The number of methoxy groups -OCH3 is 2. The highest BCUT2D eigenvalue weighted by atomic mass is 32.2. The molecular formula is C13H20N2O5S. The summed E-state index contributed by atoms with van der Waals surface area (Å²) in [7, 11) is -1.18. The van der Waals surface area contributed by atoms with Crippen LogP contribution in [0.15, 0.2) is 23.1 Å². The number of anilines is 1. The van der Waals surface area contributed by atoms with E-state index >= 15 is 0 Å². The Morgan fingerprint density at radius 3 is 2.52 bits per heavy atom. The number of likely N-dealkylation sites (N-methyl/N-ethyl adjacent to an activating group) is 1. The SMILES string of the molecule is CCN(CCOC)S(=O)(=O)c1cc(N)ccc1C(=O)OC. The zero-order valence-corrected chi connectivity index (χ0v) is 13.1. The quantitative estimate of drug-likeness (QED) is 0.587. The number of hydrogen-bond acceptors (Lipinski definition) is 6. The van der Waals surface area contributed by atoms with Crippen LogP contribution in [0.4, 0.5) is 5.69 Å². The number of hydrogen-bond donors (Lipinski definition) is 1. The number of carbonyl (C=O) groups is 1. The summed E-state index contributed by atoms with van der Waals surface area (Å²) in [6.07, 6.45) is 0. The van der Waals surface area contributed by atoms with Crippen molar-refractivity contribution in [2.24, 2.45) is 0 Å². The summed E-state index contributed by atoms with van der Waals surface area (Å²) < 4.78 is 36.1. The van der Waals surface area contributed by atoms with Crippen molar-refractivity contribution in [2.75, 3.05) is 39.6 Å². The van der Waals surface area contributed by atoms with Crippen LogP contribution >= 0.6 is 0 Å². The van der Waals surface area contributed by atoms with Gasteiger partial charge < -0.3 is 15.2 Å². The summed E-state index contributed by atoms with van der Waals surface area (Å²) in [5.41, 5.74) is 5.86. The van der Waals surface area contributed by atoms with Gasteiger partial charge in [-0.15, -0.1) is 0 Å². The fourth-order valence-electron chi connectivity index (χ4n) is 1.81. The van der Waals surface area contributed by atoms with E-state index in [-0.39, 0.29) is 35.8 Å². The molecule has 0 bridgehead atoms. The van der Waals surface area contributed by atoms with Gasteiger partial charge in [0, 0.05) is 25.9 Å². The molecule has 1 rings (SSSR count). The third-order valence-electron chi connectivity index (χ3n) is 2.93. The topological polar surface area (TPSA) is 98.9 Å². The smallest absolute Gasteiger partial charge is 0.339 e. The minimum Gasteiger partial charge on any atom is -0.465 e. The lowest BCUT2D eigenvalue weighted by Gasteiger charge is -2.21. The predicted molar refractivity (Wildman–Crippen MR) is 78.5 cm³/mol. The van der Waals surface area contributed by atoms with Gasteiger partial charge in [-0.25, -0.2) is 13.2 Å². The maximum Gasteiger partial charge on any atom is 0.339 e. The molecule has 0 fully saturated rings. The molecule has 0 aliphatic carbocycles. The Balaban J connectivity index is 3.35. The van der Waals surface area contributed by atoms with Gasteiger partial charge in [-0.05, 0) is 18.2 Å². The van der Waals surface area contributed by atoms with Gasteiger partial charge in [0.15, 0.2) is 0 Å². The molecule has 0 atom stereocenters. The lowest BCUT2D eigenvalue weighted by atomic mass is 10.2. The second-order valence-corrected chi connectivity index (χ2v) is 6.14. The van der Waals surface area contributed by atoms with Gasteiger partial charge in [0.05, 0.1) is 24.2 Å². The van der Waals surface area contributed by atoms with Gasteiger partial charge in [0.1, 0.15) is 0 Å². The van der Waals surface area contributed by atoms with E-state index in [1.807, 2.05) is 0 Å². The lowest BCUT2D eigenvalue weighted by molar-refractivity contribution is 0.0596. The first kappa shape index (κ1) is 17.4. The number of ether oxygens (including phenoxy) is 2. The van der Waals surface area contributed by atoms with Gasteiger partial charge in [-0.2, -0.15) is 4.31 Å². The minimum absolute atomic E-state index is 0.0393. The van der Waals surface area contributed by atoms with E-state index in [1.165, 1.54) is 36.7 Å². The van der Waals surface area contributed by atoms with Crippen molar-refractivity contribution >= 4 is 21.7 Å². The molecule has 2 N–H and O–H groups in total. The first-order valence-corrected chi connectivity index (χ1v) is 7.79. The summed E-state index contributed by atoms with van der Waals surface area (Å²) >= 11 is 0. The third-order valence-corrected chi connectivity index (χ3v) is 4.94. The van der Waals surface area contributed by atoms with Crippen LogP contribution in [0, 0.1) is 0 Å². The molecule has 0 saturated heterocycles. The molecule has 0 unspecified atom stereocenters. The van der Waals surface area contributed by atoms with Gasteiger partial charge in [-0.3, -0.25) is 0 Å². The lowest BCUT2D eigenvalue weighted by Crippen LogP contribution is -2.34. The van der Waals surface area contributed by atoms with Crippen LogP contribution in [-0.2, 0) is 19.5 Å². The Morgan fingerprint density at radius 1 is 1.33 bits per heavy atom. The first-order chi connectivity index (χ1) is 9.88. The molecule has 0 aliphatic rings. The second-order valence-electron chi connectivity index (χ2n) is 4.24. The van der Waals surface area contributed by atoms with Crippen molar-refractivity contribution in [2.45, 2.75) is 11.8 Å². The van der Waals surface area contributed by atoms with Crippen LogP contribution in [0.2, 0.25) is 0 Å². The molecule has 0 aliphatic heterocycles. The molecule has 0 spiro atoms. The van der Waals surface area contributed by atoms with Crippen LogP contribution in [0.25, 0.3) is 0 Å². The molecule has 0 radical (unpaired) electrons. The Hall–Kier alpha value is -1.64. The number of esters is 1. The Morgan fingerprint density at radius 2 is 2.00 bits per heavy atom. The van der Waals surface area contributed by atoms with Gasteiger partial charge in [0.25, 0.3) is 0 Å². The highest BCUT2D eigenvalue weighted by molar-refractivity contribution is 7.89. The maximum atomic E-state index is 12.7. The van der Waals surface area contributed by atoms with Crippen LogP contribution < -0.4 is 5.73 Å². The number of carbonyl (C=O) groups excluding carboxylic acids is 1. The number of nitrogens with two attached hydrogens (primary N) is 1. The summed E-state index contributed by atoms with van der Waals surface area (Å²) in [5.74, 6) is -0.726. The van der Waals surface area contributed by atoms with Crippen molar-refractivity contribution in [1.29, 1.82) is 0 Å². The molecule has 8 heteroatoms. The Kier molecular flexibility index (Phi) is 6.13. The summed E-state index contributed by atoms with van der Waals surface area (Å²) in [5, 5.41) is 0. The minimum atomic E-state index is -3.86. The normalized spacial score (nSPS) is 11.6. The van der Waals surface area contributed by atoms with Crippen molar-refractivity contribution in [3.63, 3.8) is 0 Å². The zero-order chi connectivity index (χ0) is 16.0. The average Bonchev–Trinajstić information content (AvgIpc) is 2.47.